The lowest BCUT2D eigenvalue weighted by atomic mass is 10.0. The summed E-state index contributed by atoms with van der Waals surface area (Å²) in [5.74, 6) is 0. The average molecular weight is 326 g/mol. The summed E-state index contributed by atoms with van der Waals surface area (Å²) in [6.45, 7) is 1.63. The topological polar surface area (TPSA) is 73.9 Å². The lowest BCUT2D eigenvalue weighted by molar-refractivity contribution is 0.151. The fourth-order valence-electron chi connectivity index (χ4n) is 1.97. The molecule has 0 radical (unpaired) electrons. The minimum Gasteiger partial charge on any atom is -0.394 e. The van der Waals surface area contributed by atoms with E-state index >= 15 is 0 Å². The van der Waals surface area contributed by atoms with Crippen LogP contribution in [0.15, 0.2) is 34.3 Å². The first-order chi connectivity index (χ1) is 10.7. The lowest BCUT2D eigenvalue weighted by Gasteiger charge is -2.08. The number of nitrogens with zero attached hydrogens (tertiary/aromatic N) is 1. The zero-order valence-corrected chi connectivity index (χ0v) is 14.2. The molecule has 0 spiro atoms. The minimum atomic E-state index is -0.968. The second-order valence-electron chi connectivity index (χ2n) is 4.94. The second-order valence-corrected chi connectivity index (χ2v) is 6.32. The quantitative estimate of drug-likeness (QED) is 0.385. The highest BCUT2D eigenvalue weighted by atomic mass is 32.2. The maximum Gasteiger partial charge on any atom is 0.129 e. The Balaban J connectivity index is 2.67. The third-order valence-corrected chi connectivity index (χ3v) is 4.10. The van der Waals surface area contributed by atoms with Crippen molar-refractivity contribution in [3.8, 4) is 0 Å². The van der Waals surface area contributed by atoms with E-state index in [0.717, 1.165) is 48.5 Å². The van der Waals surface area contributed by atoms with Crippen LogP contribution < -0.4 is 5.73 Å². The van der Waals surface area contributed by atoms with Crippen LogP contribution in [0.3, 0.4) is 0 Å². The van der Waals surface area contributed by atoms with E-state index in [0.29, 0.717) is 13.2 Å². The molecule has 0 aromatic heterocycles. The molecule has 1 atom stereocenters. The molecule has 124 valence electrons. The Morgan fingerprint density at radius 1 is 1.18 bits per heavy atom. The van der Waals surface area contributed by atoms with Crippen LogP contribution in [0.25, 0.3) is 0 Å². The molecule has 0 fully saturated rings. The van der Waals surface area contributed by atoms with Crippen molar-refractivity contribution >= 4 is 16.5 Å². The van der Waals surface area contributed by atoms with Gasteiger partial charge in [0.1, 0.15) is 6.61 Å². The Hall–Kier alpha value is -1.24. The fourth-order valence-corrected chi connectivity index (χ4v) is 2.49. The van der Waals surface area contributed by atoms with E-state index in [1.807, 2.05) is 24.3 Å². The first-order valence-corrected chi connectivity index (χ1v) is 9.06. The van der Waals surface area contributed by atoms with Crippen LogP contribution in [0.2, 0.25) is 0 Å². The smallest absolute Gasteiger partial charge is 0.129 e. The van der Waals surface area contributed by atoms with Crippen molar-refractivity contribution in [2.24, 2.45) is 10.9 Å². The Bertz CT molecular complexity index is 475. The first-order valence-electron chi connectivity index (χ1n) is 7.50. The van der Waals surface area contributed by atoms with Gasteiger partial charge in [0, 0.05) is 42.2 Å². The summed E-state index contributed by atoms with van der Waals surface area (Å²) in [5, 5.41) is 4.21. The van der Waals surface area contributed by atoms with Crippen LogP contribution in [-0.2, 0) is 20.4 Å². The number of hydrogen-bond donors (Lipinski definition) is 1. The highest BCUT2D eigenvalue weighted by Gasteiger charge is 2.06. The second kappa shape index (κ2) is 11.3. The first kappa shape index (κ1) is 18.8. The van der Waals surface area contributed by atoms with Crippen LogP contribution in [0.5, 0.6) is 0 Å². The van der Waals surface area contributed by atoms with Gasteiger partial charge < -0.3 is 15.3 Å². The number of unbranched alkanes of at least 4 members (excludes halogenated alkanes) is 2. The van der Waals surface area contributed by atoms with Crippen molar-refractivity contribution in [3.63, 3.8) is 0 Å². The summed E-state index contributed by atoms with van der Waals surface area (Å²) >= 11 is 0. The predicted octanol–water partition coefficient (Wildman–Crippen LogP) is 2.31. The Morgan fingerprint density at radius 2 is 1.91 bits per heavy atom. The lowest BCUT2D eigenvalue weighted by Crippen LogP contribution is -2.08. The van der Waals surface area contributed by atoms with E-state index in [1.54, 1.807) is 13.4 Å². The van der Waals surface area contributed by atoms with Gasteiger partial charge in [-0.05, 0) is 37.0 Å². The number of methoxy groups -OCH3 is 1. The van der Waals surface area contributed by atoms with Crippen molar-refractivity contribution in [1.82, 2.24) is 0 Å². The van der Waals surface area contributed by atoms with E-state index in [2.05, 4.69) is 5.16 Å². The maximum absolute atomic E-state index is 11.4. The van der Waals surface area contributed by atoms with Gasteiger partial charge in [-0.2, -0.15) is 0 Å². The van der Waals surface area contributed by atoms with Crippen molar-refractivity contribution < 1.29 is 13.8 Å². The molecule has 1 aromatic carbocycles. The number of nitrogens with two attached hydrogens (primary N) is 1. The third-order valence-electron chi connectivity index (χ3n) is 3.17. The SMILES string of the molecule is COCCCCCC(=NOCCN)c1ccc(S(C)=O)cc1. The fraction of sp³-hybridized carbons (Fsp3) is 0.562. The van der Waals surface area contributed by atoms with Crippen LogP contribution >= 0.6 is 0 Å². The van der Waals surface area contributed by atoms with Crippen molar-refractivity contribution in [2.75, 3.05) is 33.1 Å². The van der Waals surface area contributed by atoms with Gasteiger partial charge in [0.15, 0.2) is 0 Å². The highest BCUT2D eigenvalue weighted by Crippen LogP contribution is 2.13. The van der Waals surface area contributed by atoms with Gasteiger partial charge in [0.05, 0.1) is 5.71 Å². The largest absolute Gasteiger partial charge is 0.394 e. The van der Waals surface area contributed by atoms with E-state index < -0.39 is 10.8 Å². The number of rotatable bonds is 11. The molecule has 0 aliphatic heterocycles. The van der Waals surface area contributed by atoms with Crippen molar-refractivity contribution in [2.45, 2.75) is 30.6 Å². The molecule has 2 N–H and O–H groups in total. The van der Waals surface area contributed by atoms with E-state index in [9.17, 15) is 4.21 Å². The van der Waals surface area contributed by atoms with E-state index in [-0.39, 0.29) is 0 Å². The molecule has 0 saturated heterocycles. The normalized spacial score (nSPS) is 13.1. The zero-order valence-electron chi connectivity index (χ0n) is 13.4. The highest BCUT2D eigenvalue weighted by molar-refractivity contribution is 7.84. The number of benzene rings is 1. The van der Waals surface area contributed by atoms with Gasteiger partial charge in [-0.25, -0.2) is 0 Å². The van der Waals surface area contributed by atoms with Gasteiger partial charge in [-0.3, -0.25) is 4.21 Å². The molecule has 5 nitrogen and oxygen atoms in total. The number of ether oxygens (including phenoxy) is 1. The molecule has 0 bridgehead atoms. The summed E-state index contributed by atoms with van der Waals surface area (Å²) in [4.78, 5) is 6.04. The molecule has 0 amide bonds. The maximum atomic E-state index is 11.4. The van der Waals surface area contributed by atoms with Crippen molar-refractivity contribution in [1.29, 1.82) is 0 Å². The Labute approximate surface area is 135 Å². The number of hydrogen-bond acceptors (Lipinski definition) is 5. The number of oxime groups is 1. The molecule has 1 rings (SSSR count). The molecule has 0 heterocycles. The average Bonchev–Trinajstić information content (AvgIpc) is 2.53. The predicted molar refractivity (Wildman–Crippen MR) is 90.7 cm³/mol. The molecule has 22 heavy (non-hydrogen) atoms. The van der Waals surface area contributed by atoms with Gasteiger partial charge in [-0.1, -0.05) is 23.7 Å². The summed E-state index contributed by atoms with van der Waals surface area (Å²) in [6.07, 6.45) is 5.66. The van der Waals surface area contributed by atoms with Crippen LogP contribution in [-0.4, -0.2) is 43.0 Å². The monoisotopic (exact) mass is 326 g/mol. The molecule has 0 aliphatic carbocycles. The Morgan fingerprint density at radius 3 is 2.50 bits per heavy atom. The van der Waals surface area contributed by atoms with Gasteiger partial charge in [-0.15, -0.1) is 0 Å². The molecule has 1 unspecified atom stereocenters. The molecule has 6 heteroatoms. The molecular weight excluding hydrogens is 300 g/mol. The molecule has 0 saturated carbocycles. The zero-order chi connectivity index (χ0) is 16.2. The van der Waals surface area contributed by atoms with Crippen LogP contribution in [0.4, 0.5) is 0 Å². The molecule has 1 aromatic rings. The standard InChI is InChI=1S/C16H26N2O3S/c1-20-12-5-3-4-6-16(18-21-13-11-17)14-7-9-15(10-8-14)22(2)19/h7-10H,3-6,11-13,17H2,1-2H3. The molecular formula is C16H26N2O3S. The van der Waals surface area contributed by atoms with Crippen LogP contribution in [0.1, 0.15) is 31.2 Å². The van der Waals surface area contributed by atoms with Gasteiger partial charge in [0.25, 0.3) is 0 Å². The summed E-state index contributed by atoms with van der Waals surface area (Å²) in [6, 6.07) is 7.62. The third kappa shape index (κ3) is 7.15. The Kier molecular flexibility index (Phi) is 9.70. The van der Waals surface area contributed by atoms with Gasteiger partial charge >= 0.3 is 0 Å². The van der Waals surface area contributed by atoms with Crippen LogP contribution in [0, 0.1) is 0 Å². The van der Waals surface area contributed by atoms with Gasteiger partial charge in [0.2, 0.25) is 0 Å². The minimum absolute atomic E-state index is 0.407. The van der Waals surface area contributed by atoms with E-state index in [4.69, 9.17) is 15.3 Å². The summed E-state index contributed by atoms with van der Waals surface area (Å²) < 4.78 is 16.5. The summed E-state index contributed by atoms with van der Waals surface area (Å²) in [5.41, 5.74) is 7.32. The summed E-state index contributed by atoms with van der Waals surface area (Å²) in [7, 11) is 0.747. The van der Waals surface area contributed by atoms with E-state index in [1.165, 1.54) is 0 Å². The van der Waals surface area contributed by atoms with Crippen molar-refractivity contribution in [3.05, 3.63) is 29.8 Å². The molecule has 0 aliphatic rings.